The van der Waals surface area contributed by atoms with Gasteiger partial charge >= 0.3 is 0 Å². The molecule has 0 bridgehead atoms. The highest BCUT2D eigenvalue weighted by atomic mass is 32.2. The molecule has 0 amide bonds. The minimum Gasteiger partial charge on any atom is -0.336 e. The summed E-state index contributed by atoms with van der Waals surface area (Å²) >= 11 is 3.19. The van der Waals surface area contributed by atoms with Crippen LogP contribution in [-0.2, 0) is 5.75 Å². The Morgan fingerprint density at radius 2 is 2.05 bits per heavy atom. The number of hydrogen-bond acceptors (Lipinski definition) is 6. The summed E-state index contributed by atoms with van der Waals surface area (Å²) in [7, 11) is 0. The highest BCUT2D eigenvalue weighted by Crippen LogP contribution is 2.26. The largest absolute Gasteiger partial charge is 0.336 e. The molecule has 3 rings (SSSR count). The van der Waals surface area contributed by atoms with Gasteiger partial charge in [-0.2, -0.15) is 0 Å². The summed E-state index contributed by atoms with van der Waals surface area (Å²) in [6.45, 7) is 1.83. The van der Waals surface area contributed by atoms with E-state index in [9.17, 15) is 0 Å². The number of aromatic nitrogens is 4. The van der Waals surface area contributed by atoms with E-state index >= 15 is 0 Å². The summed E-state index contributed by atoms with van der Waals surface area (Å²) in [5.74, 6) is 7.26. The van der Waals surface area contributed by atoms with Gasteiger partial charge in [-0.15, -0.1) is 21.5 Å². The van der Waals surface area contributed by atoms with Gasteiger partial charge in [0.25, 0.3) is 0 Å². The Morgan fingerprint density at radius 3 is 2.75 bits per heavy atom. The second kappa shape index (κ2) is 5.64. The van der Waals surface area contributed by atoms with Crippen LogP contribution in [0.25, 0.3) is 10.6 Å². The lowest BCUT2D eigenvalue weighted by atomic mass is 10.2. The molecule has 0 fully saturated rings. The number of thioether (sulfide) groups is 1. The smallest absolute Gasteiger partial charge is 0.210 e. The van der Waals surface area contributed by atoms with Crippen molar-refractivity contribution in [1.29, 1.82) is 0 Å². The highest BCUT2D eigenvalue weighted by molar-refractivity contribution is 7.98. The SMILES string of the molecule is Cc1nnc(SCc2csc(-c3ccccc3)n2)n1N. The third kappa shape index (κ3) is 2.68. The van der Waals surface area contributed by atoms with E-state index in [1.54, 1.807) is 11.3 Å². The minimum atomic E-state index is 0.704. The zero-order chi connectivity index (χ0) is 13.9. The molecule has 7 heteroatoms. The van der Waals surface area contributed by atoms with Crippen LogP contribution >= 0.6 is 23.1 Å². The zero-order valence-electron chi connectivity index (χ0n) is 10.9. The molecule has 0 saturated heterocycles. The lowest BCUT2D eigenvalue weighted by Crippen LogP contribution is -2.11. The van der Waals surface area contributed by atoms with Gasteiger partial charge in [0.15, 0.2) is 0 Å². The molecule has 0 unspecified atom stereocenters. The van der Waals surface area contributed by atoms with Crippen LogP contribution in [0.4, 0.5) is 0 Å². The Labute approximate surface area is 124 Å². The number of nitrogens with zero attached hydrogens (tertiary/aromatic N) is 4. The zero-order valence-corrected chi connectivity index (χ0v) is 12.5. The van der Waals surface area contributed by atoms with Crippen LogP contribution in [0.1, 0.15) is 11.5 Å². The molecule has 1 aromatic carbocycles. The van der Waals surface area contributed by atoms with Crippen molar-refractivity contribution >= 4 is 23.1 Å². The van der Waals surface area contributed by atoms with Crippen molar-refractivity contribution in [3.8, 4) is 10.6 Å². The van der Waals surface area contributed by atoms with E-state index in [2.05, 4.69) is 32.7 Å². The molecular weight excluding hydrogens is 290 g/mol. The third-order valence-corrected chi connectivity index (χ3v) is 4.67. The lowest BCUT2D eigenvalue weighted by molar-refractivity contribution is 0.825. The summed E-state index contributed by atoms with van der Waals surface area (Å²) in [5.41, 5.74) is 2.17. The van der Waals surface area contributed by atoms with Gasteiger partial charge in [-0.3, -0.25) is 0 Å². The van der Waals surface area contributed by atoms with Crippen LogP contribution in [0.2, 0.25) is 0 Å². The van der Waals surface area contributed by atoms with E-state index in [4.69, 9.17) is 5.84 Å². The number of rotatable bonds is 4. The molecule has 2 heterocycles. The van der Waals surface area contributed by atoms with Gasteiger partial charge in [-0.25, -0.2) is 9.66 Å². The minimum absolute atomic E-state index is 0.704. The average molecular weight is 303 g/mol. The van der Waals surface area contributed by atoms with Crippen molar-refractivity contribution < 1.29 is 0 Å². The molecule has 3 aromatic rings. The first-order valence-corrected chi connectivity index (χ1v) is 7.90. The number of thiazole rings is 1. The summed E-state index contributed by atoms with van der Waals surface area (Å²) in [5, 5.41) is 11.8. The van der Waals surface area contributed by atoms with Gasteiger partial charge in [0.2, 0.25) is 5.16 Å². The third-order valence-electron chi connectivity index (χ3n) is 2.76. The fourth-order valence-electron chi connectivity index (χ4n) is 1.67. The maximum Gasteiger partial charge on any atom is 0.210 e. The number of benzene rings is 1. The maximum absolute atomic E-state index is 5.82. The van der Waals surface area contributed by atoms with Crippen LogP contribution in [0.5, 0.6) is 0 Å². The van der Waals surface area contributed by atoms with Crippen LogP contribution < -0.4 is 5.84 Å². The van der Waals surface area contributed by atoms with E-state index in [0.717, 1.165) is 22.0 Å². The van der Waals surface area contributed by atoms with E-state index in [-0.39, 0.29) is 0 Å². The molecule has 20 heavy (non-hydrogen) atoms. The number of hydrogen-bond donors (Lipinski definition) is 1. The predicted molar refractivity (Wildman–Crippen MR) is 82.0 cm³/mol. The summed E-state index contributed by atoms with van der Waals surface area (Å²) in [6.07, 6.45) is 0. The Bertz CT molecular complexity index is 705. The second-order valence-corrected chi connectivity index (χ2v) is 6.00. The van der Waals surface area contributed by atoms with E-state index in [0.29, 0.717) is 11.0 Å². The van der Waals surface area contributed by atoms with Gasteiger partial charge < -0.3 is 5.84 Å². The molecular formula is C13H13N5S2. The van der Waals surface area contributed by atoms with Crippen molar-refractivity contribution in [2.75, 3.05) is 5.84 Å². The molecule has 0 atom stereocenters. The van der Waals surface area contributed by atoms with Crippen LogP contribution in [0.15, 0.2) is 40.9 Å². The monoisotopic (exact) mass is 303 g/mol. The molecule has 0 aliphatic rings. The maximum atomic E-state index is 5.82. The standard InChI is InChI=1S/C13H13N5S2/c1-9-16-17-13(18(9)14)20-8-11-7-19-12(15-11)10-5-3-2-4-6-10/h2-7H,8,14H2,1H3. The van der Waals surface area contributed by atoms with E-state index in [1.807, 2.05) is 25.1 Å². The average Bonchev–Trinajstić information content (AvgIpc) is 3.07. The normalized spacial score (nSPS) is 10.8. The molecule has 2 aromatic heterocycles. The number of nitrogens with two attached hydrogens (primary N) is 1. The van der Waals surface area contributed by atoms with Crippen LogP contribution in [0, 0.1) is 6.92 Å². The summed E-state index contributed by atoms with van der Waals surface area (Å²) < 4.78 is 1.50. The topological polar surface area (TPSA) is 69.6 Å². The first-order chi connectivity index (χ1) is 9.74. The first-order valence-electron chi connectivity index (χ1n) is 6.04. The lowest BCUT2D eigenvalue weighted by Gasteiger charge is -1.99. The van der Waals surface area contributed by atoms with Crippen molar-refractivity contribution in [1.82, 2.24) is 19.9 Å². The fourth-order valence-corrected chi connectivity index (χ4v) is 3.40. The quantitative estimate of drug-likeness (QED) is 0.593. The molecule has 0 aliphatic carbocycles. The Morgan fingerprint density at radius 1 is 1.25 bits per heavy atom. The molecule has 0 saturated carbocycles. The van der Waals surface area contributed by atoms with Gasteiger partial charge in [0.05, 0.1) is 5.69 Å². The molecule has 102 valence electrons. The molecule has 5 nitrogen and oxygen atoms in total. The molecule has 0 aliphatic heterocycles. The van der Waals surface area contributed by atoms with Crippen molar-refractivity contribution in [3.63, 3.8) is 0 Å². The fraction of sp³-hybridized carbons (Fsp3) is 0.154. The highest BCUT2D eigenvalue weighted by Gasteiger charge is 2.09. The summed E-state index contributed by atoms with van der Waals surface area (Å²) in [4.78, 5) is 4.63. The van der Waals surface area contributed by atoms with Crippen molar-refractivity contribution in [2.24, 2.45) is 0 Å². The first kappa shape index (κ1) is 13.1. The van der Waals surface area contributed by atoms with Gasteiger partial charge in [-0.1, -0.05) is 42.1 Å². The Balaban J connectivity index is 1.70. The second-order valence-electron chi connectivity index (χ2n) is 4.20. The van der Waals surface area contributed by atoms with E-state index < -0.39 is 0 Å². The number of aryl methyl sites for hydroxylation is 1. The molecule has 0 spiro atoms. The Hall–Kier alpha value is -1.86. The van der Waals surface area contributed by atoms with Gasteiger partial charge in [0, 0.05) is 16.7 Å². The summed E-state index contributed by atoms with van der Waals surface area (Å²) in [6, 6.07) is 10.2. The van der Waals surface area contributed by atoms with Gasteiger partial charge in [0.1, 0.15) is 10.8 Å². The molecule has 0 radical (unpaired) electrons. The molecule has 2 N–H and O–H groups in total. The van der Waals surface area contributed by atoms with Crippen LogP contribution in [0.3, 0.4) is 0 Å². The van der Waals surface area contributed by atoms with Crippen molar-refractivity contribution in [3.05, 3.63) is 47.2 Å². The predicted octanol–water partition coefficient (Wildman–Crippen LogP) is 2.72. The van der Waals surface area contributed by atoms with Crippen LogP contribution in [-0.4, -0.2) is 19.9 Å². The van der Waals surface area contributed by atoms with Crippen molar-refractivity contribution in [2.45, 2.75) is 17.8 Å². The van der Waals surface area contributed by atoms with E-state index in [1.165, 1.54) is 16.4 Å². The Kier molecular flexibility index (Phi) is 3.70. The number of nitrogen functional groups attached to an aromatic ring is 1. The van der Waals surface area contributed by atoms with Gasteiger partial charge in [-0.05, 0) is 6.92 Å².